The van der Waals surface area contributed by atoms with Crippen LogP contribution in [0.25, 0.3) is 11.3 Å². The number of carbonyl (C=O) groups is 2. The van der Waals surface area contributed by atoms with Gasteiger partial charge in [-0.25, -0.2) is 4.79 Å². The van der Waals surface area contributed by atoms with Crippen molar-refractivity contribution in [2.45, 2.75) is 33.1 Å². The molecule has 0 spiro atoms. The number of H-pyrrole nitrogens is 1. The number of fused-ring (bicyclic) bond motifs is 3. The Morgan fingerprint density at radius 2 is 2.04 bits per heavy atom. The molecule has 0 radical (unpaired) electrons. The quantitative estimate of drug-likeness (QED) is 0.705. The van der Waals surface area contributed by atoms with Crippen LogP contribution in [0.3, 0.4) is 0 Å². The molecule has 0 atom stereocenters. The number of halogens is 1. The molecule has 1 heterocycles. The second-order valence-electron chi connectivity index (χ2n) is 5.57. The number of hydrogen-bond acceptors (Lipinski definition) is 3. The molecule has 5 heteroatoms. The molecule has 0 unspecified atom stereocenters. The number of ether oxygens (including phenoxy) is 1. The minimum absolute atomic E-state index is 0.0513. The van der Waals surface area contributed by atoms with E-state index < -0.39 is 5.97 Å². The molecule has 1 aromatic heterocycles. The van der Waals surface area contributed by atoms with E-state index in [1.54, 1.807) is 25.1 Å². The molecule has 1 N–H and O–H groups in total. The van der Waals surface area contributed by atoms with Crippen molar-refractivity contribution in [1.82, 2.24) is 4.98 Å². The van der Waals surface area contributed by atoms with Crippen LogP contribution in [-0.4, -0.2) is 23.3 Å². The van der Waals surface area contributed by atoms with Gasteiger partial charge in [0.05, 0.1) is 17.9 Å². The smallest absolute Gasteiger partial charge is 0.355 e. The van der Waals surface area contributed by atoms with Gasteiger partial charge in [-0.3, -0.25) is 4.79 Å². The van der Waals surface area contributed by atoms with Gasteiger partial charge in [0.1, 0.15) is 5.69 Å². The maximum atomic E-state index is 12.8. The van der Waals surface area contributed by atoms with Gasteiger partial charge in [-0.2, -0.15) is 0 Å². The summed E-state index contributed by atoms with van der Waals surface area (Å²) in [5.74, 6) is -0.464. The Kier molecular flexibility index (Phi) is 4.26. The van der Waals surface area contributed by atoms with Crippen molar-refractivity contribution >= 4 is 23.4 Å². The monoisotopic (exact) mass is 331 g/mol. The van der Waals surface area contributed by atoms with Crippen LogP contribution in [0.4, 0.5) is 0 Å². The molecule has 0 fully saturated rings. The molecule has 3 rings (SSSR count). The fraction of sp³-hybridized carbons (Fsp3) is 0.333. The van der Waals surface area contributed by atoms with E-state index in [0.29, 0.717) is 40.6 Å². The van der Waals surface area contributed by atoms with E-state index in [2.05, 4.69) is 11.9 Å². The molecule has 0 bridgehead atoms. The first-order valence-corrected chi connectivity index (χ1v) is 8.22. The van der Waals surface area contributed by atoms with Crippen molar-refractivity contribution in [1.29, 1.82) is 0 Å². The molecule has 23 heavy (non-hydrogen) atoms. The molecular formula is C18H18ClNO3. The number of rotatable bonds is 5. The van der Waals surface area contributed by atoms with Gasteiger partial charge in [-0.1, -0.05) is 24.9 Å². The van der Waals surface area contributed by atoms with Crippen molar-refractivity contribution in [2.75, 3.05) is 6.61 Å². The van der Waals surface area contributed by atoms with Crippen LogP contribution in [-0.2, 0) is 11.2 Å². The predicted octanol–water partition coefficient (Wildman–Crippen LogP) is 4.40. The van der Waals surface area contributed by atoms with Gasteiger partial charge in [0, 0.05) is 16.1 Å². The van der Waals surface area contributed by atoms with Gasteiger partial charge in [0.2, 0.25) is 0 Å². The summed E-state index contributed by atoms with van der Waals surface area (Å²) < 4.78 is 5.12. The van der Waals surface area contributed by atoms with Crippen LogP contribution in [0.5, 0.6) is 0 Å². The molecule has 1 aliphatic rings. The van der Waals surface area contributed by atoms with Gasteiger partial charge in [0.15, 0.2) is 5.78 Å². The first-order chi connectivity index (χ1) is 11.1. The minimum Gasteiger partial charge on any atom is -0.461 e. The number of aromatic nitrogens is 1. The summed E-state index contributed by atoms with van der Waals surface area (Å²) in [6, 6.07) is 5.21. The number of nitrogens with one attached hydrogen (secondary N) is 1. The van der Waals surface area contributed by atoms with Crippen LogP contribution in [0.15, 0.2) is 18.2 Å². The molecule has 0 saturated carbocycles. The maximum absolute atomic E-state index is 12.8. The second kappa shape index (κ2) is 6.20. The first kappa shape index (κ1) is 15.8. The number of hydrogen-bond donors (Lipinski definition) is 1. The predicted molar refractivity (Wildman–Crippen MR) is 89.2 cm³/mol. The van der Waals surface area contributed by atoms with Crippen molar-refractivity contribution in [3.8, 4) is 11.3 Å². The van der Waals surface area contributed by atoms with E-state index >= 15 is 0 Å². The van der Waals surface area contributed by atoms with Crippen LogP contribution < -0.4 is 0 Å². The molecule has 4 nitrogen and oxygen atoms in total. The van der Waals surface area contributed by atoms with E-state index in [1.807, 2.05) is 0 Å². The Morgan fingerprint density at radius 1 is 1.26 bits per heavy atom. The first-order valence-electron chi connectivity index (χ1n) is 7.85. The Hall–Kier alpha value is -2.07. The van der Waals surface area contributed by atoms with Gasteiger partial charge in [-0.15, -0.1) is 0 Å². The third-order valence-corrected chi connectivity index (χ3v) is 4.32. The molecule has 120 valence electrons. The van der Waals surface area contributed by atoms with Crippen molar-refractivity contribution < 1.29 is 14.3 Å². The normalized spacial score (nSPS) is 12.2. The minimum atomic E-state index is -0.413. The van der Waals surface area contributed by atoms with E-state index in [9.17, 15) is 9.59 Å². The number of esters is 1. The van der Waals surface area contributed by atoms with Crippen molar-refractivity contribution in [3.05, 3.63) is 45.6 Å². The lowest BCUT2D eigenvalue weighted by atomic mass is 10.0. The highest BCUT2D eigenvalue weighted by molar-refractivity contribution is 6.32. The molecule has 0 amide bonds. The molecule has 0 aliphatic heterocycles. The molecule has 1 aliphatic carbocycles. The molecule has 1 aromatic carbocycles. The SMILES string of the molecule is CCCCc1c(C(=O)OCC)[nH]c2c1C(=O)c1ccc(Cl)cc1-2. The zero-order valence-electron chi connectivity index (χ0n) is 13.2. The highest BCUT2D eigenvalue weighted by atomic mass is 35.5. The average molecular weight is 332 g/mol. The maximum Gasteiger partial charge on any atom is 0.355 e. The van der Waals surface area contributed by atoms with Gasteiger partial charge in [0.25, 0.3) is 0 Å². The van der Waals surface area contributed by atoms with E-state index in [1.165, 1.54) is 0 Å². The number of aromatic amines is 1. The molecule has 2 aromatic rings. The number of ketones is 1. The highest BCUT2D eigenvalue weighted by Crippen LogP contribution is 2.41. The highest BCUT2D eigenvalue weighted by Gasteiger charge is 2.34. The number of benzene rings is 1. The van der Waals surface area contributed by atoms with Crippen LogP contribution in [0.1, 0.15) is 58.7 Å². The molecule has 0 saturated heterocycles. The van der Waals surface area contributed by atoms with Crippen molar-refractivity contribution in [3.63, 3.8) is 0 Å². The lowest BCUT2D eigenvalue weighted by molar-refractivity contribution is 0.0519. The largest absolute Gasteiger partial charge is 0.461 e. The lowest BCUT2D eigenvalue weighted by Crippen LogP contribution is -2.10. The third kappa shape index (κ3) is 2.57. The third-order valence-electron chi connectivity index (χ3n) is 4.09. The van der Waals surface area contributed by atoms with E-state index in [4.69, 9.17) is 16.3 Å². The Bertz CT molecular complexity index is 792. The van der Waals surface area contributed by atoms with Crippen LogP contribution >= 0.6 is 11.6 Å². The summed E-state index contributed by atoms with van der Waals surface area (Å²) in [7, 11) is 0. The Labute approximate surface area is 139 Å². The van der Waals surface area contributed by atoms with Gasteiger partial charge < -0.3 is 9.72 Å². The van der Waals surface area contributed by atoms with Crippen LogP contribution in [0, 0.1) is 0 Å². The number of carbonyl (C=O) groups excluding carboxylic acids is 2. The van der Waals surface area contributed by atoms with E-state index in [-0.39, 0.29) is 5.78 Å². The Balaban J connectivity index is 2.16. The molecular weight excluding hydrogens is 314 g/mol. The topological polar surface area (TPSA) is 59.2 Å². The van der Waals surface area contributed by atoms with E-state index in [0.717, 1.165) is 24.0 Å². The van der Waals surface area contributed by atoms with Crippen molar-refractivity contribution in [2.24, 2.45) is 0 Å². The summed E-state index contributed by atoms with van der Waals surface area (Å²) in [4.78, 5) is 28.1. The van der Waals surface area contributed by atoms with Gasteiger partial charge in [-0.05, 0) is 43.5 Å². The summed E-state index contributed by atoms with van der Waals surface area (Å²) in [5, 5.41) is 0.562. The fourth-order valence-electron chi connectivity index (χ4n) is 3.03. The van der Waals surface area contributed by atoms with Crippen LogP contribution in [0.2, 0.25) is 5.02 Å². The summed E-state index contributed by atoms with van der Waals surface area (Å²) in [5.41, 5.74) is 3.82. The summed E-state index contributed by atoms with van der Waals surface area (Å²) >= 11 is 6.06. The summed E-state index contributed by atoms with van der Waals surface area (Å²) in [6.45, 7) is 4.14. The Morgan fingerprint density at radius 3 is 2.74 bits per heavy atom. The standard InChI is InChI=1S/C18H18ClNO3/c1-3-5-6-12-14-15(20-16(12)18(22)23-4-2)13-9-10(19)7-8-11(13)17(14)21/h7-9,20H,3-6H2,1-2H3. The zero-order chi connectivity index (χ0) is 16.6. The zero-order valence-corrected chi connectivity index (χ0v) is 13.9. The summed E-state index contributed by atoms with van der Waals surface area (Å²) in [6.07, 6.45) is 2.56. The number of unbranched alkanes of at least 4 members (excludes halogenated alkanes) is 1. The average Bonchev–Trinajstić information content (AvgIpc) is 3.02. The lowest BCUT2D eigenvalue weighted by Gasteiger charge is -2.06. The fourth-order valence-corrected chi connectivity index (χ4v) is 3.20. The van der Waals surface area contributed by atoms with Gasteiger partial charge >= 0.3 is 5.97 Å². The second-order valence-corrected chi connectivity index (χ2v) is 6.01.